The zero-order valence-electron chi connectivity index (χ0n) is 14.8. The zero-order valence-corrected chi connectivity index (χ0v) is 14.8. The van der Waals surface area contributed by atoms with Crippen molar-refractivity contribution in [3.63, 3.8) is 0 Å². The number of hydrogen-bond acceptors (Lipinski definition) is 1. The third-order valence-electron chi connectivity index (χ3n) is 4.83. The van der Waals surface area contributed by atoms with Gasteiger partial charge < -0.3 is 0 Å². The second-order valence-corrected chi connectivity index (χ2v) is 6.51. The van der Waals surface area contributed by atoms with Crippen molar-refractivity contribution < 1.29 is 0 Å². The lowest BCUT2D eigenvalue weighted by Gasteiger charge is -2.13. The number of rotatable bonds is 3. The van der Waals surface area contributed by atoms with Crippen LogP contribution in [0.3, 0.4) is 0 Å². The minimum absolute atomic E-state index is 0.960. The molecule has 128 valence electrons. The first-order valence-electron chi connectivity index (χ1n) is 9.09. The monoisotopic (exact) mass is 346 g/mol. The summed E-state index contributed by atoms with van der Waals surface area (Å²) in [6, 6.07) is 37.7. The Morgan fingerprint density at radius 3 is 1.89 bits per heavy atom. The maximum atomic E-state index is 5.01. The average Bonchev–Trinajstić information content (AvgIpc) is 3.14. The Balaban J connectivity index is 1.83. The number of para-hydroxylation sites is 3. The summed E-state index contributed by atoms with van der Waals surface area (Å²) in [6.07, 6.45) is 0. The molecule has 2 nitrogen and oxygen atoms in total. The minimum atomic E-state index is 0.960. The second kappa shape index (κ2) is 6.58. The molecule has 0 bridgehead atoms. The summed E-state index contributed by atoms with van der Waals surface area (Å²) in [5.41, 5.74) is 6.74. The van der Waals surface area contributed by atoms with Crippen molar-refractivity contribution >= 4 is 11.0 Å². The molecule has 1 heterocycles. The van der Waals surface area contributed by atoms with E-state index in [4.69, 9.17) is 4.98 Å². The Kier molecular flexibility index (Phi) is 3.80. The van der Waals surface area contributed by atoms with Crippen LogP contribution in [0.25, 0.3) is 39.2 Å². The molecule has 0 amide bonds. The molecule has 0 atom stereocenters. The fourth-order valence-corrected chi connectivity index (χ4v) is 3.59. The Hall–Kier alpha value is -3.65. The van der Waals surface area contributed by atoms with E-state index in [0.717, 1.165) is 28.1 Å². The van der Waals surface area contributed by atoms with E-state index < -0.39 is 0 Å². The Morgan fingerprint density at radius 1 is 0.519 bits per heavy atom. The van der Waals surface area contributed by atoms with Crippen LogP contribution in [-0.4, -0.2) is 9.55 Å². The summed E-state index contributed by atoms with van der Waals surface area (Å²) in [7, 11) is 0. The van der Waals surface area contributed by atoms with Crippen molar-refractivity contribution in [3.8, 4) is 28.2 Å². The fraction of sp³-hybridized carbons (Fsp3) is 0. The smallest absolute Gasteiger partial charge is 0.146 e. The van der Waals surface area contributed by atoms with E-state index in [1.54, 1.807) is 0 Å². The lowest BCUT2D eigenvalue weighted by atomic mass is 9.99. The lowest BCUT2D eigenvalue weighted by Crippen LogP contribution is -1.98. The molecule has 0 radical (unpaired) electrons. The van der Waals surface area contributed by atoms with Crippen LogP contribution in [-0.2, 0) is 0 Å². The van der Waals surface area contributed by atoms with Crippen molar-refractivity contribution in [3.05, 3.63) is 109 Å². The van der Waals surface area contributed by atoms with Crippen molar-refractivity contribution in [2.75, 3.05) is 0 Å². The molecule has 0 aliphatic heterocycles. The zero-order chi connectivity index (χ0) is 18.1. The largest absolute Gasteiger partial charge is 0.292 e. The average molecular weight is 346 g/mol. The van der Waals surface area contributed by atoms with E-state index in [1.807, 2.05) is 18.2 Å². The van der Waals surface area contributed by atoms with Crippen LogP contribution in [0.2, 0.25) is 0 Å². The third-order valence-corrected chi connectivity index (χ3v) is 4.83. The van der Waals surface area contributed by atoms with Gasteiger partial charge in [-0.1, -0.05) is 84.9 Å². The highest BCUT2D eigenvalue weighted by atomic mass is 15.1. The highest BCUT2D eigenvalue weighted by molar-refractivity contribution is 5.88. The molecule has 1 aromatic heterocycles. The molecule has 0 saturated heterocycles. The summed E-state index contributed by atoms with van der Waals surface area (Å²) in [4.78, 5) is 5.01. The highest BCUT2D eigenvalue weighted by Crippen LogP contribution is 2.35. The van der Waals surface area contributed by atoms with Crippen molar-refractivity contribution in [1.29, 1.82) is 0 Å². The summed E-state index contributed by atoms with van der Waals surface area (Å²) in [6.45, 7) is 0. The fourth-order valence-electron chi connectivity index (χ4n) is 3.59. The molecule has 5 aromatic rings. The number of benzene rings is 4. The molecule has 0 fully saturated rings. The van der Waals surface area contributed by atoms with Gasteiger partial charge in [-0.3, -0.25) is 4.57 Å². The number of imidazole rings is 1. The topological polar surface area (TPSA) is 17.8 Å². The Bertz CT molecular complexity index is 1210. The van der Waals surface area contributed by atoms with Gasteiger partial charge in [0.1, 0.15) is 5.82 Å². The van der Waals surface area contributed by atoms with E-state index in [0.29, 0.717) is 0 Å². The van der Waals surface area contributed by atoms with Crippen LogP contribution in [0.5, 0.6) is 0 Å². The summed E-state index contributed by atoms with van der Waals surface area (Å²) < 4.78 is 2.25. The Morgan fingerprint density at radius 2 is 1.11 bits per heavy atom. The van der Waals surface area contributed by atoms with Crippen LogP contribution in [0.4, 0.5) is 0 Å². The van der Waals surface area contributed by atoms with Crippen molar-refractivity contribution in [1.82, 2.24) is 9.55 Å². The first-order chi connectivity index (χ1) is 13.4. The molecule has 0 aliphatic carbocycles. The summed E-state index contributed by atoms with van der Waals surface area (Å²) in [5, 5.41) is 0. The second-order valence-electron chi connectivity index (χ2n) is 6.51. The van der Waals surface area contributed by atoms with E-state index >= 15 is 0 Å². The first kappa shape index (κ1) is 15.6. The number of hydrogen-bond donors (Lipinski definition) is 0. The normalized spacial score (nSPS) is 11.0. The predicted octanol–water partition coefficient (Wildman–Crippen LogP) is 6.36. The minimum Gasteiger partial charge on any atom is -0.292 e. The Labute approximate surface area is 158 Å². The van der Waals surface area contributed by atoms with Gasteiger partial charge >= 0.3 is 0 Å². The van der Waals surface area contributed by atoms with E-state index in [2.05, 4.69) is 95.6 Å². The maximum Gasteiger partial charge on any atom is 0.146 e. The van der Waals surface area contributed by atoms with Gasteiger partial charge in [-0.05, 0) is 35.4 Å². The molecule has 5 rings (SSSR count). The molecule has 0 N–H and O–H groups in total. The lowest BCUT2D eigenvalue weighted by molar-refractivity contribution is 1.10. The van der Waals surface area contributed by atoms with Crippen molar-refractivity contribution in [2.45, 2.75) is 0 Å². The molecule has 2 heteroatoms. The van der Waals surface area contributed by atoms with Gasteiger partial charge in [0.15, 0.2) is 0 Å². The number of fused-ring (bicyclic) bond motifs is 1. The standard InChI is InChI=1S/C25H18N2/c1-3-11-19(12-4-1)21-15-7-8-16-22(21)25-26-23-17-9-10-18-24(23)27(25)20-13-5-2-6-14-20/h1-18H. The molecular weight excluding hydrogens is 328 g/mol. The highest BCUT2D eigenvalue weighted by Gasteiger charge is 2.17. The molecular formula is C25H18N2. The van der Waals surface area contributed by atoms with Crippen LogP contribution in [0.15, 0.2) is 109 Å². The van der Waals surface area contributed by atoms with Gasteiger partial charge in [-0.15, -0.1) is 0 Å². The summed E-state index contributed by atoms with van der Waals surface area (Å²) >= 11 is 0. The van der Waals surface area contributed by atoms with Crippen LogP contribution < -0.4 is 0 Å². The third kappa shape index (κ3) is 2.72. The molecule has 4 aromatic carbocycles. The number of nitrogens with zero attached hydrogens (tertiary/aromatic N) is 2. The van der Waals surface area contributed by atoms with E-state index in [-0.39, 0.29) is 0 Å². The predicted molar refractivity (Wildman–Crippen MR) is 112 cm³/mol. The maximum absolute atomic E-state index is 5.01. The van der Waals surface area contributed by atoms with Gasteiger partial charge in [0.05, 0.1) is 11.0 Å². The van der Waals surface area contributed by atoms with E-state index in [9.17, 15) is 0 Å². The summed E-state index contributed by atoms with van der Waals surface area (Å²) in [5.74, 6) is 0.960. The van der Waals surface area contributed by atoms with E-state index in [1.165, 1.54) is 11.1 Å². The van der Waals surface area contributed by atoms with Crippen LogP contribution in [0.1, 0.15) is 0 Å². The van der Waals surface area contributed by atoms with Crippen LogP contribution in [0, 0.1) is 0 Å². The van der Waals surface area contributed by atoms with Gasteiger partial charge in [0, 0.05) is 11.3 Å². The SMILES string of the molecule is c1ccc(-c2ccccc2-c2nc3ccccc3n2-c2ccccc2)cc1. The van der Waals surface area contributed by atoms with Gasteiger partial charge in [0.2, 0.25) is 0 Å². The van der Waals surface area contributed by atoms with Gasteiger partial charge in [-0.2, -0.15) is 0 Å². The number of aromatic nitrogens is 2. The van der Waals surface area contributed by atoms with Gasteiger partial charge in [0.25, 0.3) is 0 Å². The molecule has 27 heavy (non-hydrogen) atoms. The molecule has 0 spiro atoms. The van der Waals surface area contributed by atoms with Crippen molar-refractivity contribution in [2.24, 2.45) is 0 Å². The molecule has 0 aliphatic rings. The molecule has 0 saturated carbocycles. The quantitative estimate of drug-likeness (QED) is 0.372. The van der Waals surface area contributed by atoms with Gasteiger partial charge in [-0.25, -0.2) is 4.98 Å². The van der Waals surface area contributed by atoms with Crippen LogP contribution >= 0.6 is 0 Å². The first-order valence-corrected chi connectivity index (χ1v) is 9.09. The molecule has 0 unspecified atom stereocenters.